The van der Waals surface area contributed by atoms with Gasteiger partial charge in [0.15, 0.2) is 0 Å². The van der Waals surface area contributed by atoms with E-state index in [9.17, 15) is 31.5 Å². The van der Waals surface area contributed by atoms with Crippen LogP contribution in [0.25, 0.3) is 0 Å². The number of ether oxygens (including phenoxy) is 3. The van der Waals surface area contributed by atoms with Crippen LogP contribution in [0.1, 0.15) is 10.4 Å². The van der Waals surface area contributed by atoms with E-state index in [1.54, 1.807) is 5.32 Å². The average molecular weight is 483 g/mol. The minimum atomic E-state index is -5.41. The molecule has 2 N–H and O–H groups in total. The number of halogens is 6. The number of esters is 1. The van der Waals surface area contributed by atoms with Crippen molar-refractivity contribution in [2.24, 2.45) is 0 Å². The van der Waals surface area contributed by atoms with E-state index in [2.05, 4.69) is 21.1 Å². The van der Waals surface area contributed by atoms with E-state index in [1.165, 1.54) is 31.4 Å². The Morgan fingerprint density at radius 1 is 0.938 bits per heavy atom. The van der Waals surface area contributed by atoms with E-state index in [0.717, 1.165) is 24.3 Å². The summed E-state index contributed by atoms with van der Waals surface area (Å²) in [5.41, 5.74) is -8.46. The normalized spacial score (nSPS) is 13.5. The van der Waals surface area contributed by atoms with Crippen molar-refractivity contribution in [3.8, 4) is 11.5 Å². The van der Waals surface area contributed by atoms with E-state index in [4.69, 9.17) is 4.74 Å². The summed E-state index contributed by atoms with van der Waals surface area (Å²) in [5.74, 6) is -3.71. The fourth-order valence-corrected chi connectivity index (χ4v) is 2.66. The molecule has 2 aromatic carbocycles. The van der Waals surface area contributed by atoms with Crippen molar-refractivity contribution in [3.63, 3.8) is 0 Å². The summed E-state index contributed by atoms with van der Waals surface area (Å²) in [4.78, 5) is 24.9. The highest BCUT2D eigenvalue weighted by atomic mass is 35.5. The fourth-order valence-electron chi connectivity index (χ4n) is 2.57. The van der Waals surface area contributed by atoms with Gasteiger partial charge in [-0.3, -0.25) is 4.79 Å². The van der Waals surface area contributed by atoms with Gasteiger partial charge in [0.1, 0.15) is 11.5 Å². The van der Waals surface area contributed by atoms with Gasteiger partial charge in [-0.15, -0.1) is 8.78 Å². The first-order chi connectivity index (χ1) is 14.8. The Hall–Kier alpha value is -3.28. The molecule has 7 nitrogen and oxygen atoms in total. The van der Waals surface area contributed by atoms with Gasteiger partial charge in [-0.05, 0) is 36.4 Å². The maximum Gasteiger partial charge on any atom is 0.487 e. The number of methoxy groups -OCH3 is 2. The number of anilines is 1. The Balaban J connectivity index is 2.46. The molecule has 0 aliphatic heterocycles. The molecule has 0 aliphatic rings. The molecule has 0 bridgehead atoms. The molecule has 2 rings (SSSR count). The van der Waals surface area contributed by atoms with Crippen LogP contribution in [0, 0.1) is 0 Å². The van der Waals surface area contributed by atoms with E-state index in [0.29, 0.717) is 7.11 Å². The lowest BCUT2D eigenvalue weighted by atomic mass is 10.1. The zero-order valence-electron chi connectivity index (χ0n) is 16.4. The van der Waals surface area contributed by atoms with Gasteiger partial charge in [-0.2, -0.15) is 13.2 Å². The SMILES string of the molecule is COC(=O)[C@@](NC(=O)c1ccccc1OC)(Nc1ccc(OC(F)(F)Cl)cc1)C(F)(F)F. The molecule has 0 heterocycles. The molecule has 0 saturated carbocycles. The lowest BCUT2D eigenvalue weighted by molar-refractivity contribution is -0.203. The number of benzene rings is 2. The summed E-state index contributed by atoms with van der Waals surface area (Å²) in [6.45, 7) is 0. The van der Waals surface area contributed by atoms with Gasteiger partial charge in [0.2, 0.25) is 0 Å². The summed E-state index contributed by atoms with van der Waals surface area (Å²) in [5, 5.41) is 3.47. The van der Waals surface area contributed by atoms with E-state index < -0.39 is 40.7 Å². The number of nitrogens with one attached hydrogen (secondary N) is 2. The van der Waals surface area contributed by atoms with Crippen LogP contribution in [-0.2, 0) is 9.53 Å². The van der Waals surface area contributed by atoms with Gasteiger partial charge < -0.3 is 24.8 Å². The molecule has 0 aliphatic carbocycles. The van der Waals surface area contributed by atoms with Crippen molar-refractivity contribution in [1.82, 2.24) is 5.32 Å². The van der Waals surface area contributed by atoms with Gasteiger partial charge in [-0.25, -0.2) is 4.79 Å². The highest BCUT2D eigenvalue weighted by Gasteiger charge is 2.63. The predicted octanol–water partition coefficient (Wildman–Crippen LogP) is 4.14. The number of carbonyl (C=O) groups is 2. The van der Waals surface area contributed by atoms with Gasteiger partial charge in [0.05, 0.1) is 19.8 Å². The second-order valence-electron chi connectivity index (χ2n) is 6.09. The van der Waals surface area contributed by atoms with Crippen LogP contribution in [0.5, 0.6) is 11.5 Å². The Labute approximate surface area is 183 Å². The molecular formula is C19H16ClF5N2O5. The highest BCUT2D eigenvalue weighted by molar-refractivity contribution is 6.20. The van der Waals surface area contributed by atoms with E-state index >= 15 is 0 Å². The summed E-state index contributed by atoms with van der Waals surface area (Å²) in [7, 11) is 1.90. The van der Waals surface area contributed by atoms with E-state index in [-0.39, 0.29) is 11.3 Å². The quantitative estimate of drug-likeness (QED) is 0.255. The van der Waals surface area contributed by atoms with Crippen molar-refractivity contribution < 1.29 is 45.8 Å². The number of para-hydroxylation sites is 1. The number of carbonyl (C=O) groups excluding carboxylic acids is 2. The zero-order valence-corrected chi connectivity index (χ0v) is 17.2. The third-order valence-electron chi connectivity index (χ3n) is 3.99. The monoisotopic (exact) mass is 482 g/mol. The molecule has 0 radical (unpaired) electrons. The fraction of sp³-hybridized carbons (Fsp3) is 0.263. The van der Waals surface area contributed by atoms with Crippen molar-refractivity contribution in [2.45, 2.75) is 17.4 Å². The smallest absolute Gasteiger partial charge is 0.487 e. The van der Waals surface area contributed by atoms with E-state index in [1.807, 2.05) is 5.32 Å². The van der Waals surface area contributed by atoms with Gasteiger partial charge in [0.25, 0.3) is 5.91 Å². The minimum Gasteiger partial charge on any atom is -0.496 e. The molecule has 174 valence electrons. The molecule has 1 atom stereocenters. The van der Waals surface area contributed by atoms with Crippen LogP contribution in [0.4, 0.5) is 27.6 Å². The molecule has 0 saturated heterocycles. The molecule has 0 spiro atoms. The average Bonchev–Trinajstić information content (AvgIpc) is 2.71. The van der Waals surface area contributed by atoms with Crippen molar-refractivity contribution in [2.75, 3.05) is 19.5 Å². The molecule has 0 unspecified atom stereocenters. The van der Waals surface area contributed by atoms with Gasteiger partial charge in [0, 0.05) is 17.3 Å². The Morgan fingerprint density at radius 2 is 1.53 bits per heavy atom. The maximum absolute atomic E-state index is 14.1. The van der Waals surface area contributed by atoms with Crippen LogP contribution in [0.15, 0.2) is 48.5 Å². The largest absolute Gasteiger partial charge is 0.496 e. The first kappa shape index (κ1) is 25.0. The summed E-state index contributed by atoms with van der Waals surface area (Å²) >= 11 is 4.64. The number of rotatable bonds is 8. The highest BCUT2D eigenvalue weighted by Crippen LogP contribution is 2.35. The Kier molecular flexibility index (Phi) is 7.39. The maximum atomic E-state index is 14.1. The molecule has 1 amide bonds. The topological polar surface area (TPSA) is 85.9 Å². The minimum absolute atomic E-state index is 0.0468. The van der Waals surface area contributed by atoms with Crippen molar-refractivity contribution in [1.29, 1.82) is 0 Å². The Morgan fingerprint density at radius 3 is 2.03 bits per heavy atom. The third kappa shape index (κ3) is 5.69. The number of amides is 1. The molecule has 0 aromatic heterocycles. The second-order valence-corrected chi connectivity index (χ2v) is 6.53. The molecule has 32 heavy (non-hydrogen) atoms. The molecule has 0 fully saturated rings. The molecule has 13 heteroatoms. The second kappa shape index (κ2) is 9.47. The summed E-state index contributed by atoms with van der Waals surface area (Å²) in [6.07, 6.45) is -5.41. The lowest BCUT2D eigenvalue weighted by Crippen LogP contribution is -2.69. The lowest BCUT2D eigenvalue weighted by Gasteiger charge is -2.35. The number of hydrogen-bond donors (Lipinski definition) is 2. The van der Waals surface area contributed by atoms with Crippen LogP contribution in [0.3, 0.4) is 0 Å². The summed E-state index contributed by atoms with van der Waals surface area (Å²) < 4.78 is 81.1. The number of hydrogen-bond acceptors (Lipinski definition) is 6. The van der Waals surface area contributed by atoms with Crippen molar-refractivity contribution >= 4 is 29.2 Å². The van der Waals surface area contributed by atoms with Crippen LogP contribution in [-0.4, -0.2) is 43.5 Å². The predicted molar refractivity (Wildman–Crippen MR) is 103 cm³/mol. The Bertz CT molecular complexity index is 966. The van der Waals surface area contributed by atoms with Gasteiger partial charge >= 0.3 is 23.4 Å². The standard InChI is InChI=1S/C19H16ClF5N2O5/c1-30-14-6-4-3-5-13(14)15(28)27-17(16(29)31-2,18(21,22)23)26-11-7-9-12(10-8-11)32-19(20,24)25/h3-10,26H,1-2H3,(H,27,28)/t17-/m0/s1. The zero-order chi connectivity index (χ0) is 24.2. The van der Waals surface area contributed by atoms with Crippen molar-refractivity contribution in [3.05, 3.63) is 54.1 Å². The van der Waals surface area contributed by atoms with Crippen LogP contribution in [0.2, 0.25) is 0 Å². The van der Waals surface area contributed by atoms with Crippen LogP contribution < -0.4 is 20.1 Å². The molecule has 2 aromatic rings. The number of alkyl halides is 6. The molecular weight excluding hydrogens is 467 g/mol. The van der Waals surface area contributed by atoms with Gasteiger partial charge in [-0.1, -0.05) is 12.1 Å². The third-order valence-corrected chi connectivity index (χ3v) is 4.07. The van der Waals surface area contributed by atoms with Crippen LogP contribution >= 0.6 is 11.6 Å². The summed E-state index contributed by atoms with van der Waals surface area (Å²) in [6, 6.07) is 8.93. The first-order valence-corrected chi connectivity index (χ1v) is 8.95. The first-order valence-electron chi connectivity index (χ1n) is 8.57.